The minimum atomic E-state index is -5.00. The lowest BCUT2D eigenvalue weighted by atomic mass is 9.80. The van der Waals surface area contributed by atoms with Crippen LogP contribution in [0.1, 0.15) is 93.0 Å². The molecule has 2 saturated carbocycles. The molecular weight excluding hydrogens is 1400 g/mol. The molecule has 3 aromatic carbocycles. The summed E-state index contributed by atoms with van der Waals surface area (Å²) >= 11 is 0.435. The number of ether oxygens (including phenoxy) is 8. The summed E-state index contributed by atoms with van der Waals surface area (Å²) in [5, 5.41) is 86.9. The third kappa shape index (κ3) is 22.5. The number of fused-ring (bicyclic) bond motifs is 1. The smallest absolute Gasteiger partial charge is 0.338 e. The molecule has 2 aliphatic heterocycles. The summed E-state index contributed by atoms with van der Waals surface area (Å²) in [6, 6.07) is 10.9. The Hall–Kier alpha value is -7.01. The molecule has 37 nitrogen and oxygen atoms in total. The van der Waals surface area contributed by atoms with Crippen LogP contribution in [0.2, 0.25) is 0 Å². The Morgan fingerprint density at radius 2 is 1.48 bits per heavy atom. The number of aliphatic carboxylic acids is 1. The fourth-order valence-corrected chi connectivity index (χ4v) is 13.5. The van der Waals surface area contributed by atoms with E-state index in [-0.39, 0.29) is 84.3 Å². The molecule has 2 saturated heterocycles. The predicted octanol–water partition coefficient (Wildman–Crippen LogP) is -0.713. The standard InChI is InChI=1S/C44H61N5O19.C16H19NO12S3/c1-20-31(53)33(55)34(56)42(63-20)68-35-25(47-39(58)26-18-30(52)49-44(62)48-26)16-24(38(57)46-14-13-45-21(2)51)17-27(35)65-43-37(67-41(61)23-11-7-4-8-12-23)36(32(54)29(19-50)66-43)64-28(40(59)60)15-22-9-5-3-6-10-22;1-2-26-3-4-27-9-15(18)17-13-7-11(30-29-28-19)5-10-6-12(31(20,21)22)8-14(16(10)13)32(23,24)25/h4,7-8,11-12,18,20,22,24-25,27-29,31-37,42-43,50,53-56H,3,5-6,9-10,13-17,19H2,1-2H3,(H,45,51)(H,46,57)(H,47,58)(H,59,60)(H2,48,49,52,62);5-8,19H,2-4,9H2,1H3,(H,17,18)(H,20,21,22)(H,23,24,25)/t20?,24?,25?,27?,28-,29?,31?,32?,33?,34?,35?,36?,37?,42?,43?;/m0./s1. The van der Waals surface area contributed by atoms with E-state index >= 15 is 0 Å². The Balaban J connectivity index is 0.000000367. The number of rotatable bonds is 30. The van der Waals surface area contributed by atoms with E-state index < -0.39 is 182 Å². The van der Waals surface area contributed by atoms with Gasteiger partial charge in [0.05, 0.1) is 66.3 Å². The monoisotopic (exact) mass is 1480 g/mol. The minimum Gasteiger partial charge on any atom is -0.479 e. The molecule has 0 spiro atoms. The second-order valence-electron chi connectivity index (χ2n) is 23.6. The summed E-state index contributed by atoms with van der Waals surface area (Å²) in [7, 11) is -9.86. The summed E-state index contributed by atoms with van der Waals surface area (Å²) in [6.45, 7) is 3.97. The quantitative estimate of drug-likeness (QED) is 0.00765. The van der Waals surface area contributed by atoms with Crippen LogP contribution in [0.15, 0.2) is 84.9 Å². The maximum absolute atomic E-state index is 14.0. The van der Waals surface area contributed by atoms with E-state index in [1.54, 1.807) is 25.1 Å². The predicted molar refractivity (Wildman–Crippen MR) is 341 cm³/mol. The Morgan fingerprint density at radius 1 is 0.780 bits per heavy atom. The van der Waals surface area contributed by atoms with Crippen LogP contribution in [0.25, 0.3) is 10.8 Å². The van der Waals surface area contributed by atoms with E-state index in [1.807, 2.05) is 4.98 Å². The third-order valence-electron chi connectivity index (χ3n) is 16.4. The summed E-state index contributed by atoms with van der Waals surface area (Å²) < 4.78 is 117. The number of hydrogen-bond donors (Lipinski definition) is 15. The number of H-pyrrole nitrogens is 2. The number of carbonyl (C=O) groups excluding carboxylic acids is 5. The maximum Gasteiger partial charge on any atom is 0.338 e. The van der Waals surface area contributed by atoms with Crippen LogP contribution in [-0.4, -0.2) is 239 Å². The molecule has 4 aliphatic rings. The van der Waals surface area contributed by atoms with Crippen LogP contribution in [0.5, 0.6) is 0 Å². The summed E-state index contributed by atoms with van der Waals surface area (Å²) in [5.41, 5.74) is -2.61. The van der Waals surface area contributed by atoms with E-state index in [9.17, 15) is 94.9 Å². The van der Waals surface area contributed by atoms with E-state index in [1.165, 1.54) is 38.1 Å². The zero-order valence-electron chi connectivity index (χ0n) is 53.8. The van der Waals surface area contributed by atoms with Crippen LogP contribution in [0.4, 0.5) is 5.69 Å². The summed E-state index contributed by atoms with van der Waals surface area (Å²) in [6.07, 6.45) is -18.1. The zero-order chi connectivity index (χ0) is 73.2. The lowest BCUT2D eigenvalue weighted by molar-refractivity contribution is -0.432. The zero-order valence-corrected chi connectivity index (χ0v) is 56.3. The number of esters is 1. The van der Waals surface area contributed by atoms with Crippen LogP contribution in [-0.2, 0) is 86.7 Å². The number of hydrogen-bond acceptors (Lipinski definition) is 29. The second-order valence-corrected chi connectivity index (χ2v) is 27.1. The number of carboxylic acid groups (broad SMARTS) is 1. The molecule has 2 aliphatic carbocycles. The third-order valence-corrected chi connectivity index (χ3v) is 18.7. The van der Waals surface area contributed by atoms with Crippen molar-refractivity contribution < 1.29 is 138 Å². The van der Waals surface area contributed by atoms with Gasteiger partial charge in [-0.25, -0.2) is 19.6 Å². The maximum atomic E-state index is 14.0. The number of aromatic amines is 2. The molecule has 8 rings (SSSR count). The Bertz CT molecular complexity index is 3780. The molecule has 0 bridgehead atoms. The van der Waals surface area contributed by atoms with Crippen molar-refractivity contribution in [2.24, 2.45) is 11.8 Å². The first kappa shape index (κ1) is 80.3. The molecule has 3 heterocycles. The number of aliphatic hydroxyl groups excluding tert-OH is 5. The first-order valence-electron chi connectivity index (χ1n) is 31.3. The van der Waals surface area contributed by atoms with Crippen LogP contribution in [0, 0.1) is 11.8 Å². The number of carboxylic acids is 1. The van der Waals surface area contributed by atoms with Crippen molar-refractivity contribution >= 4 is 84.3 Å². The van der Waals surface area contributed by atoms with Crippen LogP contribution >= 0.6 is 12.0 Å². The van der Waals surface area contributed by atoms with Gasteiger partial charge in [-0.1, -0.05) is 55.3 Å². The molecular formula is C60H80N6O31S3. The highest BCUT2D eigenvalue weighted by Gasteiger charge is 2.55. The highest BCUT2D eigenvalue weighted by atomic mass is 32.2. The fraction of sp³-hybridized carbons (Fsp3) is 0.567. The van der Waals surface area contributed by atoms with Gasteiger partial charge in [-0.15, -0.1) is 4.33 Å². The average molecular weight is 1480 g/mol. The second kappa shape index (κ2) is 37.2. The Labute approximate surface area is 574 Å². The number of anilines is 1. The highest BCUT2D eigenvalue weighted by Crippen LogP contribution is 2.40. The number of aromatic nitrogens is 2. The number of benzene rings is 3. The molecule has 0 radical (unpaired) electrons. The normalized spacial score (nSPS) is 26.1. The lowest BCUT2D eigenvalue weighted by Gasteiger charge is -2.48. The van der Waals surface area contributed by atoms with Gasteiger partial charge in [-0.2, -0.15) is 16.8 Å². The summed E-state index contributed by atoms with van der Waals surface area (Å²) in [4.78, 5) is 105. The van der Waals surface area contributed by atoms with Gasteiger partial charge in [0.25, 0.3) is 31.7 Å². The molecule has 15 atom stereocenters. The molecule has 4 aromatic rings. The Morgan fingerprint density at radius 3 is 2.12 bits per heavy atom. The number of amides is 4. The topological polar surface area (TPSA) is 559 Å². The van der Waals surface area contributed by atoms with Crippen molar-refractivity contribution in [3.05, 3.63) is 92.8 Å². The first-order valence-corrected chi connectivity index (χ1v) is 35.0. The fourth-order valence-electron chi connectivity index (χ4n) is 11.7. The molecule has 4 amide bonds. The number of aliphatic hydroxyl groups is 5. The van der Waals surface area contributed by atoms with Gasteiger partial charge in [-0.3, -0.25) is 38.1 Å². The number of carbonyl (C=O) groups is 6. The average Bonchev–Trinajstić information content (AvgIpc) is 0.764. The lowest BCUT2D eigenvalue weighted by Crippen LogP contribution is -2.65. The van der Waals surface area contributed by atoms with Crippen LogP contribution in [0.3, 0.4) is 0 Å². The van der Waals surface area contributed by atoms with E-state index in [0.717, 1.165) is 44.2 Å². The molecule has 554 valence electrons. The van der Waals surface area contributed by atoms with Gasteiger partial charge in [0.2, 0.25) is 17.7 Å². The molecule has 15 N–H and O–H groups in total. The molecule has 4 fully saturated rings. The largest absolute Gasteiger partial charge is 0.479 e. The van der Waals surface area contributed by atoms with E-state index in [0.29, 0.717) is 24.7 Å². The van der Waals surface area contributed by atoms with Crippen LogP contribution < -0.4 is 32.5 Å². The minimum absolute atomic E-state index is 0.0227. The summed E-state index contributed by atoms with van der Waals surface area (Å²) in [5.74, 6) is -6.27. The molecule has 100 heavy (non-hydrogen) atoms. The molecule has 1 aromatic heterocycles. The van der Waals surface area contributed by atoms with E-state index in [2.05, 4.69) is 35.6 Å². The molecule has 40 heteroatoms. The van der Waals surface area contributed by atoms with Gasteiger partial charge >= 0.3 is 17.6 Å². The van der Waals surface area contributed by atoms with Crippen molar-refractivity contribution in [1.29, 1.82) is 0 Å². The SMILES string of the molecule is CC(=O)NCCNC(=O)C1CC(NC(=O)c2cc(=O)[nH]c(=O)[nH]2)C(OC2OC(C)C(O)C(O)C2O)C(OC2OC(CO)C(O)C(O[C@@H](CC3CCCCC3)C(=O)O)C2OC(=O)c2ccccc2)C1.CCOCCOCC(=O)Nc1cc(SOOO)cc2cc(S(=O)(=O)O)cc(S(=O)(=O)O)c12. The van der Waals surface area contributed by atoms with Crippen molar-refractivity contribution in [2.75, 3.05) is 51.4 Å². The van der Waals surface area contributed by atoms with Crippen molar-refractivity contribution in [3.63, 3.8) is 0 Å². The Kier molecular flexibility index (Phi) is 29.9. The number of nitrogens with one attached hydrogen (secondary N) is 6. The van der Waals surface area contributed by atoms with E-state index in [4.69, 9.17) is 43.2 Å². The molecule has 14 unspecified atom stereocenters. The van der Waals surface area contributed by atoms with Crippen molar-refractivity contribution in [1.82, 2.24) is 25.9 Å². The van der Waals surface area contributed by atoms with Gasteiger partial charge in [0.1, 0.15) is 59.9 Å². The van der Waals surface area contributed by atoms with Gasteiger partial charge in [0, 0.05) is 48.9 Å². The highest BCUT2D eigenvalue weighted by molar-refractivity contribution is 7.94. The van der Waals surface area contributed by atoms with Gasteiger partial charge < -0.3 is 94.8 Å². The van der Waals surface area contributed by atoms with Gasteiger partial charge in [0.15, 0.2) is 24.8 Å². The van der Waals surface area contributed by atoms with Crippen molar-refractivity contribution in [3.8, 4) is 0 Å². The van der Waals surface area contributed by atoms with Crippen molar-refractivity contribution in [2.45, 2.75) is 173 Å². The van der Waals surface area contributed by atoms with Gasteiger partial charge in [-0.05, 0) is 80.8 Å². The first-order chi connectivity index (χ1) is 47.4.